The molecule has 0 saturated heterocycles. The minimum atomic E-state index is 0. The summed E-state index contributed by atoms with van der Waals surface area (Å²) in [7, 11) is 6.60. The minimum Gasteiger partial charge on any atom is -1.00 e. The molecule has 0 spiro atoms. The molecule has 0 saturated carbocycles. The monoisotopic (exact) mass is 533 g/mol. The molecule has 1 nitrogen and oxygen atoms in total. The molecule has 14 heavy (non-hydrogen) atoms. The van der Waals surface area contributed by atoms with Crippen LogP contribution < -0.4 is 24.0 Å². The third-order valence-corrected chi connectivity index (χ3v) is 1.50. The second kappa shape index (κ2) is 9.59. The van der Waals surface area contributed by atoms with E-state index in [1.165, 1.54) is 5.56 Å². The Balaban J connectivity index is -0.000000403. The lowest BCUT2D eigenvalue weighted by Gasteiger charge is -2.23. The second-order valence-electron chi connectivity index (χ2n) is 3.93. The van der Waals surface area contributed by atoms with Crippen LogP contribution in [0.25, 0.3) is 0 Å². The summed E-state index contributed by atoms with van der Waals surface area (Å²) in [4.78, 5) is 0. The smallest absolute Gasteiger partial charge is 0.104 e. The molecule has 1 aromatic carbocycles. The van der Waals surface area contributed by atoms with Crippen LogP contribution in [0.15, 0.2) is 30.3 Å². The second-order valence-corrected chi connectivity index (χ2v) is 3.93. The van der Waals surface area contributed by atoms with Crippen molar-refractivity contribution in [2.24, 2.45) is 0 Å². The van der Waals surface area contributed by atoms with Gasteiger partial charge in [0.1, 0.15) is 6.54 Å². The molecule has 84 valence electrons. The first kappa shape index (κ1) is 20.7. The number of benzene rings is 1. The van der Waals surface area contributed by atoms with Crippen LogP contribution in [-0.4, -0.2) is 25.6 Å². The fourth-order valence-electron chi connectivity index (χ4n) is 1.13. The van der Waals surface area contributed by atoms with E-state index in [0.29, 0.717) is 0 Å². The lowest BCUT2D eigenvalue weighted by molar-refractivity contribution is -0.884. The van der Waals surface area contributed by atoms with E-state index in [4.69, 9.17) is 0 Å². The molecule has 0 atom stereocenters. The Kier molecular flexibility index (Phi) is 14.2. The molecule has 0 bridgehead atoms. The van der Waals surface area contributed by atoms with Crippen LogP contribution in [0.4, 0.5) is 0 Å². The van der Waals surface area contributed by atoms with E-state index in [0.717, 1.165) is 11.0 Å². The lowest BCUT2D eigenvalue weighted by Crippen LogP contribution is -3.00. The number of quaternary nitrogens is 1. The van der Waals surface area contributed by atoms with E-state index in [2.05, 4.69) is 51.5 Å². The Bertz CT molecular complexity index is 219. The first-order chi connectivity index (χ1) is 5.08. The van der Waals surface area contributed by atoms with E-state index in [-0.39, 0.29) is 71.9 Å². The zero-order chi connectivity index (χ0) is 8.32. The predicted octanol–water partition coefficient (Wildman–Crippen LogP) is 0.133. The fraction of sp³-hybridized carbons (Fsp3) is 0.400. The number of halogens is 3. The highest BCUT2D eigenvalue weighted by molar-refractivity contribution is 14.0. The largest absolute Gasteiger partial charge is 1.00 e. The molecule has 0 aliphatic rings. The summed E-state index contributed by atoms with van der Waals surface area (Å²) < 4.78 is 0.990. The molecule has 4 heteroatoms. The molecular weight excluding hydrogens is 515 g/mol. The summed E-state index contributed by atoms with van der Waals surface area (Å²) in [5.41, 5.74) is 1.40. The maximum Gasteiger partial charge on any atom is 0.104 e. The summed E-state index contributed by atoms with van der Waals surface area (Å²) in [5.74, 6) is 0. The van der Waals surface area contributed by atoms with Gasteiger partial charge in [0.2, 0.25) is 0 Å². The van der Waals surface area contributed by atoms with Crippen LogP contribution in [0, 0.1) is 0 Å². The first-order valence-electron chi connectivity index (χ1n) is 3.92. The van der Waals surface area contributed by atoms with Crippen molar-refractivity contribution in [3.05, 3.63) is 35.9 Å². The van der Waals surface area contributed by atoms with Gasteiger partial charge in [-0.1, -0.05) is 30.3 Å². The van der Waals surface area contributed by atoms with Crippen molar-refractivity contribution in [3.8, 4) is 0 Å². The summed E-state index contributed by atoms with van der Waals surface area (Å²) in [6.07, 6.45) is 0. The molecule has 0 amide bonds. The van der Waals surface area contributed by atoms with Gasteiger partial charge in [-0.15, -0.1) is 48.0 Å². The van der Waals surface area contributed by atoms with Crippen LogP contribution in [0.3, 0.4) is 0 Å². The maximum absolute atomic E-state index is 2.20. The van der Waals surface area contributed by atoms with Crippen molar-refractivity contribution >= 4 is 48.0 Å². The van der Waals surface area contributed by atoms with Crippen LogP contribution in [-0.2, 0) is 6.54 Å². The zero-order valence-electron chi connectivity index (χ0n) is 8.74. The quantitative estimate of drug-likeness (QED) is 0.375. The molecule has 1 rings (SSSR count). The maximum atomic E-state index is 2.20. The standard InChI is InChI=1S/C10H16N.3HI/c1-11(2,3)9-10-7-5-4-6-8-10;;;/h4-8H,9H2,1-3H3;3*1H/q+1;;;/p-1. The van der Waals surface area contributed by atoms with Gasteiger partial charge in [-0.2, -0.15) is 0 Å². The minimum absolute atomic E-state index is 0. The molecule has 0 N–H and O–H groups in total. The number of hydrogen-bond acceptors (Lipinski definition) is 0. The van der Waals surface area contributed by atoms with Gasteiger partial charge >= 0.3 is 0 Å². The van der Waals surface area contributed by atoms with Crippen LogP contribution in [0.5, 0.6) is 0 Å². The molecule has 0 fully saturated rings. The highest BCUT2D eigenvalue weighted by atomic mass is 127. The average molecular weight is 533 g/mol. The van der Waals surface area contributed by atoms with E-state index in [9.17, 15) is 0 Å². The number of rotatable bonds is 2. The zero-order valence-corrected chi connectivity index (χ0v) is 15.6. The normalized spacial score (nSPS) is 9.07. The predicted molar refractivity (Wildman–Crippen MR) is 79.0 cm³/mol. The Hall–Kier alpha value is 1.37. The lowest BCUT2D eigenvalue weighted by atomic mass is 10.2. The topological polar surface area (TPSA) is 0 Å². The van der Waals surface area contributed by atoms with E-state index < -0.39 is 0 Å². The molecule has 0 aromatic heterocycles. The van der Waals surface area contributed by atoms with Crippen molar-refractivity contribution in [2.45, 2.75) is 6.54 Å². The Morgan fingerprint density at radius 2 is 1.36 bits per heavy atom. The highest BCUT2D eigenvalue weighted by Crippen LogP contribution is 2.04. The van der Waals surface area contributed by atoms with Gasteiger partial charge in [0.15, 0.2) is 0 Å². The molecule has 0 unspecified atom stereocenters. The number of nitrogens with zero attached hydrogens (tertiary/aromatic N) is 1. The van der Waals surface area contributed by atoms with Crippen molar-refractivity contribution in [1.29, 1.82) is 0 Å². The van der Waals surface area contributed by atoms with Gasteiger partial charge in [0.05, 0.1) is 21.1 Å². The van der Waals surface area contributed by atoms with E-state index in [1.807, 2.05) is 0 Å². The summed E-state index contributed by atoms with van der Waals surface area (Å²) >= 11 is 0. The van der Waals surface area contributed by atoms with Crippen LogP contribution in [0.2, 0.25) is 0 Å². The van der Waals surface area contributed by atoms with Gasteiger partial charge in [-0.25, -0.2) is 0 Å². The van der Waals surface area contributed by atoms with Gasteiger partial charge in [-0.3, -0.25) is 0 Å². The van der Waals surface area contributed by atoms with Crippen molar-refractivity contribution in [2.75, 3.05) is 21.1 Å². The first-order valence-corrected chi connectivity index (χ1v) is 3.92. The molecule has 0 aliphatic heterocycles. The van der Waals surface area contributed by atoms with Crippen LogP contribution >= 0.6 is 48.0 Å². The van der Waals surface area contributed by atoms with E-state index >= 15 is 0 Å². The van der Waals surface area contributed by atoms with Gasteiger partial charge in [0.25, 0.3) is 0 Å². The number of hydrogen-bond donors (Lipinski definition) is 0. The molecule has 1 aromatic rings. The van der Waals surface area contributed by atoms with Gasteiger partial charge < -0.3 is 28.5 Å². The van der Waals surface area contributed by atoms with E-state index in [1.54, 1.807) is 0 Å². The van der Waals surface area contributed by atoms with Crippen LogP contribution in [0.1, 0.15) is 5.56 Å². The van der Waals surface area contributed by atoms with Crippen molar-refractivity contribution < 1.29 is 28.5 Å². The summed E-state index contributed by atoms with van der Waals surface area (Å²) in [5, 5.41) is 0. The van der Waals surface area contributed by atoms with Gasteiger partial charge in [0, 0.05) is 5.56 Å². The fourth-order valence-corrected chi connectivity index (χ4v) is 1.13. The highest BCUT2D eigenvalue weighted by Gasteiger charge is 2.06. The summed E-state index contributed by atoms with van der Waals surface area (Å²) in [6.45, 7) is 1.10. The summed E-state index contributed by atoms with van der Waals surface area (Å²) in [6, 6.07) is 10.6. The Morgan fingerprint density at radius 1 is 0.929 bits per heavy atom. The Morgan fingerprint density at radius 3 is 1.71 bits per heavy atom. The third-order valence-electron chi connectivity index (χ3n) is 1.50. The third kappa shape index (κ3) is 9.91. The molecule has 0 radical (unpaired) electrons. The van der Waals surface area contributed by atoms with Crippen molar-refractivity contribution in [1.82, 2.24) is 0 Å². The molecule has 0 heterocycles. The average Bonchev–Trinajstić information content (AvgIpc) is 1.85. The molecular formula is C10H18I3N. The molecule has 0 aliphatic carbocycles. The Labute approximate surface area is 138 Å². The SMILES string of the molecule is C[N+](C)(C)Cc1ccccc1.I.I.[I-]. The van der Waals surface area contributed by atoms with Gasteiger partial charge in [-0.05, 0) is 0 Å². The van der Waals surface area contributed by atoms with Crippen molar-refractivity contribution in [3.63, 3.8) is 0 Å².